The van der Waals surface area contributed by atoms with Crippen molar-refractivity contribution in [1.82, 2.24) is 4.90 Å². The fourth-order valence-electron chi connectivity index (χ4n) is 2.10. The van der Waals surface area contributed by atoms with Gasteiger partial charge in [-0.3, -0.25) is 9.10 Å². The van der Waals surface area contributed by atoms with Crippen molar-refractivity contribution >= 4 is 21.6 Å². The van der Waals surface area contributed by atoms with Crippen molar-refractivity contribution in [2.24, 2.45) is 0 Å². The van der Waals surface area contributed by atoms with Crippen LogP contribution in [0.25, 0.3) is 0 Å². The number of hydrogen-bond donors (Lipinski definition) is 0. The first kappa shape index (κ1) is 17.0. The van der Waals surface area contributed by atoms with Crippen molar-refractivity contribution in [2.45, 2.75) is 11.8 Å². The number of nitrogens with zero attached hydrogens (tertiary/aromatic N) is 2. The molecule has 1 amide bonds. The average molecular weight is 332 g/mol. The Balaban J connectivity index is 2.41. The minimum absolute atomic E-state index is 0.0910. The van der Waals surface area contributed by atoms with E-state index >= 15 is 0 Å². The molecule has 2 aromatic rings. The van der Waals surface area contributed by atoms with Crippen molar-refractivity contribution in [3.05, 3.63) is 59.7 Å². The quantitative estimate of drug-likeness (QED) is 0.864. The van der Waals surface area contributed by atoms with Crippen molar-refractivity contribution in [3.63, 3.8) is 0 Å². The monoisotopic (exact) mass is 332 g/mol. The van der Waals surface area contributed by atoms with Crippen LogP contribution in [0.1, 0.15) is 15.9 Å². The van der Waals surface area contributed by atoms with Gasteiger partial charge in [-0.1, -0.05) is 23.8 Å². The summed E-state index contributed by atoms with van der Waals surface area (Å²) in [7, 11) is 1.03. The summed E-state index contributed by atoms with van der Waals surface area (Å²) in [5.41, 5.74) is 1.96. The van der Waals surface area contributed by atoms with Gasteiger partial charge < -0.3 is 4.90 Å². The predicted molar refractivity (Wildman–Crippen MR) is 91.2 cm³/mol. The van der Waals surface area contributed by atoms with Gasteiger partial charge in [0.05, 0.1) is 10.6 Å². The Morgan fingerprint density at radius 3 is 2.13 bits per heavy atom. The molecular formula is C17H20N2O3S. The molecule has 0 aliphatic carbocycles. The lowest BCUT2D eigenvalue weighted by Gasteiger charge is -2.20. The third-order valence-corrected chi connectivity index (χ3v) is 5.32. The van der Waals surface area contributed by atoms with Crippen LogP contribution in [0.15, 0.2) is 53.4 Å². The molecule has 5 nitrogen and oxygen atoms in total. The average Bonchev–Trinajstić information content (AvgIpc) is 2.54. The van der Waals surface area contributed by atoms with Gasteiger partial charge in [-0.25, -0.2) is 8.42 Å². The standard InChI is InChI=1S/C17H20N2O3S/c1-13-8-10-15(11-9-13)19(4)23(21,22)16-7-5-6-14(12-16)17(20)18(2)3/h5-12H,1-4H3. The summed E-state index contributed by atoms with van der Waals surface area (Å²) in [6.45, 7) is 1.94. The minimum Gasteiger partial charge on any atom is -0.345 e. The molecule has 0 atom stereocenters. The molecule has 0 saturated heterocycles. The molecule has 2 rings (SSSR count). The van der Waals surface area contributed by atoms with Crippen LogP contribution in [0.5, 0.6) is 0 Å². The Kier molecular flexibility index (Phi) is 4.75. The minimum atomic E-state index is -3.72. The zero-order valence-corrected chi connectivity index (χ0v) is 14.5. The molecule has 122 valence electrons. The zero-order chi connectivity index (χ0) is 17.2. The third-order valence-electron chi connectivity index (χ3n) is 3.54. The van der Waals surface area contributed by atoms with Gasteiger partial charge in [-0.2, -0.15) is 0 Å². The zero-order valence-electron chi connectivity index (χ0n) is 13.6. The largest absolute Gasteiger partial charge is 0.345 e. The first-order valence-corrected chi connectivity index (χ1v) is 8.55. The van der Waals surface area contributed by atoms with Gasteiger partial charge in [0.1, 0.15) is 0 Å². The van der Waals surface area contributed by atoms with Crippen LogP contribution < -0.4 is 4.31 Å². The number of carbonyl (C=O) groups excluding carboxylic acids is 1. The normalized spacial score (nSPS) is 11.1. The number of aryl methyl sites for hydroxylation is 1. The van der Waals surface area contributed by atoms with Gasteiger partial charge in [0, 0.05) is 26.7 Å². The van der Waals surface area contributed by atoms with Crippen molar-refractivity contribution in [1.29, 1.82) is 0 Å². The van der Waals surface area contributed by atoms with Crippen LogP contribution in [0.4, 0.5) is 5.69 Å². The van der Waals surface area contributed by atoms with Crippen LogP contribution in [0.2, 0.25) is 0 Å². The number of benzene rings is 2. The third kappa shape index (κ3) is 3.53. The lowest BCUT2D eigenvalue weighted by atomic mass is 10.2. The van der Waals surface area contributed by atoms with Gasteiger partial charge in [-0.05, 0) is 37.3 Å². The summed E-state index contributed by atoms with van der Waals surface area (Å²) >= 11 is 0. The van der Waals surface area contributed by atoms with Gasteiger partial charge >= 0.3 is 0 Å². The highest BCUT2D eigenvalue weighted by atomic mass is 32.2. The van der Waals surface area contributed by atoms with E-state index in [4.69, 9.17) is 0 Å². The maximum absolute atomic E-state index is 12.8. The Morgan fingerprint density at radius 2 is 1.57 bits per heavy atom. The van der Waals surface area contributed by atoms with E-state index < -0.39 is 10.0 Å². The first-order chi connectivity index (χ1) is 10.7. The van der Waals surface area contributed by atoms with E-state index in [0.29, 0.717) is 11.3 Å². The lowest BCUT2D eigenvalue weighted by Crippen LogP contribution is -2.27. The van der Waals surface area contributed by atoms with Crippen LogP contribution in [-0.2, 0) is 10.0 Å². The first-order valence-electron chi connectivity index (χ1n) is 7.11. The van der Waals surface area contributed by atoms with Gasteiger partial charge in [0.2, 0.25) is 0 Å². The smallest absolute Gasteiger partial charge is 0.264 e. The summed E-state index contributed by atoms with van der Waals surface area (Å²) in [5.74, 6) is -0.236. The number of amides is 1. The molecule has 0 unspecified atom stereocenters. The van der Waals surface area contributed by atoms with E-state index in [1.807, 2.05) is 19.1 Å². The second-order valence-electron chi connectivity index (χ2n) is 5.54. The summed E-state index contributed by atoms with van der Waals surface area (Å²) < 4.78 is 26.7. The number of rotatable bonds is 4. The molecule has 0 bridgehead atoms. The van der Waals surface area contributed by atoms with Gasteiger partial charge in [-0.15, -0.1) is 0 Å². The van der Waals surface area contributed by atoms with Crippen molar-refractivity contribution in [3.8, 4) is 0 Å². The molecule has 0 aliphatic rings. The second kappa shape index (κ2) is 6.42. The van der Waals surface area contributed by atoms with Crippen LogP contribution >= 0.6 is 0 Å². The highest BCUT2D eigenvalue weighted by Crippen LogP contribution is 2.23. The highest BCUT2D eigenvalue weighted by Gasteiger charge is 2.22. The Labute approximate surface area is 137 Å². The van der Waals surface area contributed by atoms with E-state index in [1.54, 1.807) is 38.4 Å². The summed E-state index contributed by atoms with van der Waals surface area (Å²) in [5, 5.41) is 0. The Hall–Kier alpha value is -2.34. The summed E-state index contributed by atoms with van der Waals surface area (Å²) in [4.78, 5) is 13.5. The number of carbonyl (C=O) groups is 1. The molecule has 0 fully saturated rings. The molecule has 6 heteroatoms. The molecule has 0 spiro atoms. The van der Waals surface area contributed by atoms with Gasteiger partial charge in [0.25, 0.3) is 15.9 Å². The Bertz CT molecular complexity index is 812. The van der Waals surface area contributed by atoms with Gasteiger partial charge in [0.15, 0.2) is 0 Å². The molecular weight excluding hydrogens is 312 g/mol. The SMILES string of the molecule is Cc1ccc(N(C)S(=O)(=O)c2cccc(C(=O)N(C)C)c2)cc1. The molecule has 23 heavy (non-hydrogen) atoms. The van der Waals surface area contributed by atoms with E-state index in [1.165, 1.54) is 28.4 Å². The van der Waals surface area contributed by atoms with Crippen molar-refractivity contribution < 1.29 is 13.2 Å². The molecule has 0 radical (unpaired) electrons. The van der Waals surface area contributed by atoms with E-state index in [9.17, 15) is 13.2 Å². The van der Waals surface area contributed by atoms with Crippen LogP contribution in [-0.4, -0.2) is 40.4 Å². The molecule has 0 aromatic heterocycles. The van der Waals surface area contributed by atoms with Crippen LogP contribution in [0, 0.1) is 6.92 Å². The van der Waals surface area contributed by atoms with E-state index in [-0.39, 0.29) is 10.8 Å². The molecule has 0 N–H and O–H groups in total. The maximum Gasteiger partial charge on any atom is 0.264 e. The number of anilines is 1. The highest BCUT2D eigenvalue weighted by molar-refractivity contribution is 7.92. The van der Waals surface area contributed by atoms with Crippen molar-refractivity contribution in [2.75, 3.05) is 25.4 Å². The predicted octanol–water partition coefficient (Wildman–Crippen LogP) is 2.52. The molecule has 0 heterocycles. The second-order valence-corrected chi connectivity index (χ2v) is 7.50. The fraction of sp³-hybridized carbons (Fsp3) is 0.235. The molecule has 0 aliphatic heterocycles. The fourth-order valence-corrected chi connectivity index (χ4v) is 3.34. The Morgan fingerprint density at radius 1 is 0.957 bits per heavy atom. The van der Waals surface area contributed by atoms with E-state index in [2.05, 4.69) is 0 Å². The lowest BCUT2D eigenvalue weighted by molar-refractivity contribution is 0.0827. The van der Waals surface area contributed by atoms with Crippen LogP contribution in [0.3, 0.4) is 0 Å². The molecule has 2 aromatic carbocycles. The topological polar surface area (TPSA) is 57.7 Å². The summed E-state index contributed by atoms with van der Waals surface area (Å²) in [6.07, 6.45) is 0. The number of sulfonamides is 1. The summed E-state index contributed by atoms with van der Waals surface area (Å²) in [6, 6.07) is 13.3. The molecule has 0 saturated carbocycles. The maximum atomic E-state index is 12.8. The number of hydrogen-bond acceptors (Lipinski definition) is 3. The van der Waals surface area contributed by atoms with E-state index in [0.717, 1.165) is 5.56 Å².